The second kappa shape index (κ2) is 6.33. The van der Waals surface area contributed by atoms with Crippen LogP contribution in [0.25, 0.3) is 11.3 Å². The number of halogens is 2. The topological polar surface area (TPSA) is 25.2 Å². The molecule has 0 aliphatic heterocycles. The number of hydrogen-bond donors (Lipinski definition) is 1. The van der Waals surface area contributed by atoms with Crippen LogP contribution in [0.15, 0.2) is 39.2 Å². The Hall–Kier alpha value is -0.770. The van der Waals surface area contributed by atoms with Crippen LogP contribution in [0.5, 0.6) is 0 Å². The third-order valence-corrected chi connectivity index (χ3v) is 4.58. The zero-order valence-electron chi connectivity index (χ0n) is 11.2. The predicted molar refractivity (Wildman–Crippen MR) is 85.9 cm³/mol. The summed E-state index contributed by atoms with van der Waals surface area (Å²) >= 11 is 9.66. The van der Waals surface area contributed by atoms with Gasteiger partial charge >= 0.3 is 0 Å². The first-order valence-electron chi connectivity index (χ1n) is 7.00. The van der Waals surface area contributed by atoms with Gasteiger partial charge in [-0.1, -0.05) is 40.4 Å². The van der Waals surface area contributed by atoms with Crippen molar-refractivity contribution >= 4 is 27.5 Å². The SMILES string of the molecule is Clc1cc(Br)ccc1-c1ccc(CNC2CCCC2)o1. The summed E-state index contributed by atoms with van der Waals surface area (Å²) in [6.07, 6.45) is 5.25. The Morgan fingerprint density at radius 2 is 2.00 bits per heavy atom. The number of benzene rings is 1. The highest BCUT2D eigenvalue weighted by Gasteiger charge is 2.15. The lowest BCUT2D eigenvalue weighted by Crippen LogP contribution is -2.24. The molecule has 0 unspecified atom stereocenters. The van der Waals surface area contributed by atoms with Crippen molar-refractivity contribution in [2.75, 3.05) is 0 Å². The summed E-state index contributed by atoms with van der Waals surface area (Å²) in [6, 6.07) is 10.5. The third-order valence-electron chi connectivity index (χ3n) is 3.78. The quantitative estimate of drug-likeness (QED) is 0.796. The number of furan rings is 1. The van der Waals surface area contributed by atoms with Gasteiger partial charge in [-0.3, -0.25) is 0 Å². The van der Waals surface area contributed by atoms with E-state index in [4.69, 9.17) is 16.0 Å². The molecule has 0 saturated heterocycles. The van der Waals surface area contributed by atoms with Gasteiger partial charge in [0.25, 0.3) is 0 Å². The van der Waals surface area contributed by atoms with E-state index in [1.807, 2.05) is 30.3 Å². The van der Waals surface area contributed by atoms with Crippen LogP contribution in [-0.2, 0) is 6.54 Å². The summed E-state index contributed by atoms with van der Waals surface area (Å²) < 4.78 is 6.86. The Kier molecular flexibility index (Phi) is 4.49. The van der Waals surface area contributed by atoms with Crippen LogP contribution in [-0.4, -0.2) is 6.04 Å². The zero-order chi connectivity index (χ0) is 13.9. The molecule has 1 aliphatic carbocycles. The monoisotopic (exact) mass is 353 g/mol. The number of rotatable bonds is 4. The predicted octanol–water partition coefficient (Wildman–Crippen LogP) is 5.39. The van der Waals surface area contributed by atoms with E-state index in [0.29, 0.717) is 11.1 Å². The van der Waals surface area contributed by atoms with Gasteiger partial charge in [0.1, 0.15) is 11.5 Å². The molecule has 1 aromatic carbocycles. The van der Waals surface area contributed by atoms with Gasteiger partial charge in [-0.25, -0.2) is 0 Å². The third kappa shape index (κ3) is 3.27. The highest BCUT2D eigenvalue weighted by Crippen LogP contribution is 2.31. The first-order chi connectivity index (χ1) is 9.72. The molecule has 1 fully saturated rings. The van der Waals surface area contributed by atoms with Crippen molar-refractivity contribution < 1.29 is 4.42 Å². The molecule has 0 spiro atoms. The highest BCUT2D eigenvalue weighted by atomic mass is 79.9. The summed E-state index contributed by atoms with van der Waals surface area (Å²) in [7, 11) is 0. The van der Waals surface area contributed by atoms with E-state index in [1.165, 1.54) is 25.7 Å². The smallest absolute Gasteiger partial charge is 0.135 e. The molecule has 2 nitrogen and oxygen atoms in total. The molecule has 0 atom stereocenters. The lowest BCUT2D eigenvalue weighted by atomic mass is 10.2. The second-order valence-corrected chi connectivity index (χ2v) is 6.58. The van der Waals surface area contributed by atoms with E-state index < -0.39 is 0 Å². The lowest BCUT2D eigenvalue weighted by Gasteiger charge is -2.09. The van der Waals surface area contributed by atoms with Crippen LogP contribution in [0.1, 0.15) is 31.4 Å². The van der Waals surface area contributed by atoms with Gasteiger partial charge in [-0.05, 0) is 43.2 Å². The maximum atomic E-state index is 6.25. The Morgan fingerprint density at radius 3 is 2.75 bits per heavy atom. The molecule has 0 bridgehead atoms. The summed E-state index contributed by atoms with van der Waals surface area (Å²) in [5.74, 6) is 1.79. The van der Waals surface area contributed by atoms with Crippen LogP contribution >= 0.6 is 27.5 Å². The van der Waals surface area contributed by atoms with Crippen LogP contribution in [0, 0.1) is 0 Å². The van der Waals surface area contributed by atoms with Crippen LogP contribution in [0.3, 0.4) is 0 Å². The molecule has 1 saturated carbocycles. The van der Waals surface area contributed by atoms with Gasteiger partial charge in [-0.2, -0.15) is 0 Å². The first kappa shape index (κ1) is 14.2. The molecule has 1 heterocycles. The van der Waals surface area contributed by atoms with Crippen LogP contribution in [0.4, 0.5) is 0 Å². The molecule has 0 radical (unpaired) electrons. The van der Waals surface area contributed by atoms with Gasteiger partial charge in [0.2, 0.25) is 0 Å². The normalized spacial score (nSPS) is 15.9. The maximum absolute atomic E-state index is 6.25. The van der Waals surface area contributed by atoms with Crippen LogP contribution in [0.2, 0.25) is 5.02 Å². The lowest BCUT2D eigenvalue weighted by molar-refractivity contribution is 0.452. The molecule has 1 aromatic heterocycles. The van der Waals surface area contributed by atoms with E-state index in [2.05, 4.69) is 21.2 Å². The Bertz CT molecular complexity index is 590. The second-order valence-electron chi connectivity index (χ2n) is 5.25. The largest absolute Gasteiger partial charge is 0.460 e. The average molecular weight is 355 g/mol. The van der Waals surface area contributed by atoms with Gasteiger partial charge in [-0.15, -0.1) is 0 Å². The molecular formula is C16H17BrClNO. The molecule has 0 amide bonds. The van der Waals surface area contributed by atoms with E-state index in [9.17, 15) is 0 Å². The minimum atomic E-state index is 0.653. The van der Waals surface area contributed by atoms with Crippen molar-refractivity contribution in [2.24, 2.45) is 0 Å². The van der Waals surface area contributed by atoms with E-state index in [1.54, 1.807) is 0 Å². The number of hydrogen-bond acceptors (Lipinski definition) is 2. The van der Waals surface area contributed by atoms with Gasteiger partial charge in [0.15, 0.2) is 0 Å². The summed E-state index contributed by atoms with van der Waals surface area (Å²) in [4.78, 5) is 0. The van der Waals surface area contributed by atoms with Crippen molar-refractivity contribution in [1.82, 2.24) is 5.32 Å². The van der Waals surface area contributed by atoms with E-state index >= 15 is 0 Å². The Balaban J connectivity index is 1.69. The average Bonchev–Trinajstić information content (AvgIpc) is 3.07. The Labute approximate surface area is 132 Å². The van der Waals surface area contributed by atoms with Crippen molar-refractivity contribution in [3.05, 3.63) is 45.6 Å². The van der Waals surface area contributed by atoms with Gasteiger partial charge < -0.3 is 9.73 Å². The van der Waals surface area contributed by atoms with E-state index in [-0.39, 0.29) is 0 Å². The molecule has 1 aliphatic rings. The molecule has 4 heteroatoms. The molecule has 1 N–H and O–H groups in total. The molecule has 3 rings (SSSR count). The van der Waals surface area contributed by atoms with Gasteiger partial charge in [0, 0.05) is 16.1 Å². The highest BCUT2D eigenvalue weighted by molar-refractivity contribution is 9.10. The fourth-order valence-electron chi connectivity index (χ4n) is 2.68. The number of nitrogens with one attached hydrogen (secondary N) is 1. The van der Waals surface area contributed by atoms with Gasteiger partial charge in [0.05, 0.1) is 11.6 Å². The fourth-order valence-corrected chi connectivity index (χ4v) is 3.45. The molecule has 20 heavy (non-hydrogen) atoms. The zero-order valence-corrected chi connectivity index (χ0v) is 13.5. The van der Waals surface area contributed by atoms with Crippen LogP contribution < -0.4 is 5.32 Å². The fraction of sp³-hybridized carbons (Fsp3) is 0.375. The van der Waals surface area contributed by atoms with E-state index in [0.717, 1.165) is 28.1 Å². The Morgan fingerprint density at radius 1 is 1.20 bits per heavy atom. The maximum Gasteiger partial charge on any atom is 0.135 e. The van der Waals surface area contributed by atoms with Crippen molar-refractivity contribution in [1.29, 1.82) is 0 Å². The minimum Gasteiger partial charge on any atom is -0.460 e. The molecular weight excluding hydrogens is 338 g/mol. The molecule has 106 valence electrons. The minimum absolute atomic E-state index is 0.653. The first-order valence-corrected chi connectivity index (χ1v) is 8.17. The standard InChI is InChI=1S/C16H17BrClNO/c17-11-5-7-14(15(18)9-11)16-8-6-13(20-16)10-19-12-3-1-2-4-12/h5-9,12,19H,1-4,10H2. The molecule has 2 aromatic rings. The van der Waals surface area contributed by atoms with Crippen molar-refractivity contribution in [3.63, 3.8) is 0 Å². The van der Waals surface area contributed by atoms with Crippen molar-refractivity contribution in [2.45, 2.75) is 38.3 Å². The van der Waals surface area contributed by atoms with Crippen molar-refractivity contribution in [3.8, 4) is 11.3 Å². The summed E-state index contributed by atoms with van der Waals surface area (Å²) in [5.41, 5.74) is 0.932. The summed E-state index contributed by atoms with van der Waals surface area (Å²) in [5, 5.41) is 4.25. The summed E-state index contributed by atoms with van der Waals surface area (Å²) in [6.45, 7) is 0.790.